The van der Waals surface area contributed by atoms with E-state index in [1.165, 1.54) is 12.8 Å². The van der Waals surface area contributed by atoms with Gasteiger partial charge in [0.1, 0.15) is 0 Å². The zero-order valence-electron chi connectivity index (χ0n) is 14.3. The molecule has 5 heteroatoms. The number of nitrogens with zero attached hydrogens (tertiary/aromatic N) is 3. The van der Waals surface area contributed by atoms with Gasteiger partial charge in [0.05, 0.1) is 18.9 Å². The molecule has 3 heterocycles. The minimum Gasteiger partial charge on any atom is -0.378 e. The lowest BCUT2D eigenvalue weighted by Gasteiger charge is -2.36. The first-order valence-corrected chi connectivity index (χ1v) is 9.26. The van der Waals surface area contributed by atoms with Crippen LogP contribution in [-0.2, 0) is 16.1 Å². The van der Waals surface area contributed by atoms with Gasteiger partial charge in [0.25, 0.3) is 0 Å². The highest BCUT2D eigenvalue weighted by Crippen LogP contribution is 2.50. The number of morpholine rings is 1. The molecule has 24 heavy (non-hydrogen) atoms. The van der Waals surface area contributed by atoms with Crippen molar-refractivity contribution >= 4 is 5.91 Å². The van der Waals surface area contributed by atoms with Crippen molar-refractivity contribution in [3.05, 3.63) is 30.1 Å². The van der Waals surface area contributed by atoms with Crippen molar-refractivity contribution in [3.63, 3.8) is 0 Å². The molecule has 1 spiro atoms. The lowest BCUT2D eigenvalue weighted by molar-refractivity contribution is -0.143. The Hall–Kier alpha value is -1.46. The third kappa shape index (κ3) is 3.07. The van der Waals surface area contributed by atoms with E-state index in [9.17, 15) is 4.79 Å². The Balaban J connectivity index is 1.43. The maximum absolute atomic E-state index is 13.1. The molecule has 3 fully saturated rings. The van der Waals surface area contributed by atoms with Gasteiger partial charge in [-0.25, -0.2) is 0 Å². The molecular weight excluding hydrogens is 302 g/mol. The Bertz CT molecular complexity index is 573. The molecule has 0 radical (unpaired) electrons. The molecule has 0 bridgehead atoms. The number of carbonyl (C=O) groups excluding carboxylic acids is 1. The van der Waals surface area contributed by atoms with Gasteiger partial charge in [0.15, 0.2) is 0 Å². The highest BCUT2D eigenvalue weighted by Gasteiger charge is 2.51. The molecule has 2 saturated heterocycles. The summed E-state index contributed by atoms with van der Waals surface area (Å²) in [5.41, 5.74) is 1.33. The molecule has 5 nitrogen and oxygen atoms in total. The molecule has 4 rings (SSSR count). The molecule has 2 unspecified atom stereocenters. The van der Waals surface area contributed by atoms with Crippen LogP contribution in [0.5, 0.6) is 0 Å². The quantitative estimate of drug-likeness (QED) is 0.850. The largest absolute Gasteiger partial charge is 0.378 e. The maximum atomic E-state index is 13.1. The summed E-state index contributed by atoms with van der Waals surface area (Å²) in [4.78, 5) is 22.1. The van der Waals surface area contributed by atoms with Crippen LogP contribution in [-0.4, -0.2) is 60.1 Å². The number of likely N-dealkylation sites (tertiary alicyclic amines) is 1. The fourth-order valence-corrected chi connectivity index (χ4v) is 4.86. The minimum absolute atomic E-state index is 0.199. The van der Waals surface area contributed by atoms with E-state index in [0.29, 0.717) is 19.1 Å². The summed E-state index contributed by atoms with van der Waals surface area (Å²) >= 11 is 0. The van der Waals surface area contributed by atoms with Gasteiger partial charge >= 0.3 is 0 Å². The summed E-state index contributed by atoms with van der Waals surface area (Å²) in [5, 5.41) is 0. The Kier molecular flexibility index (Phi) is 4.55. The summed E-state index contributed by atoms with van der Waals surface area (Å²) in [5.74, 6) is 0.597. The van der Waals surface area contributed by atoms with E-state index in [1.54, 1.807) is 0 Å². The van der Waals surface area contributed by atoms with E-state index in [2.05, 4.69) is 22.0 Å². The van der Waals surface area contributed by atoms with E-state index < -0.39 is 0 Å². The molecule has 1 aliphatic carbocycles. The molecule has 0 N–H and O–H groups in total. The zero-order chi connectivity index (χ0) is 16.4. The van der Waals surface area contributed by atoms with E-state index >= 15 is 0 Å². The zero-order valence-corrected chi connectivity index (χ0v) is 14.3. The fraction of sp³-hybridized carbons (Fsp3) is 0.684. The lowest BCUT2D eigenvalue weighted by Crippen LogP contribution is -2.47. The van der Waals surface area contributed by atoms with Crippen molar-refractivity contribution in [1.29, 1.82) is 0 Å². The molecule has 130 valence electrons. The summed E-state index contributed by atoms with van der Waals surface area (Å²) in [6, 6.07) is 6.10. The highest BCUT2D eigenvalue weighted by molar-refractivity contribution is 5.80. The number of hydrogen-bond acceptors (Lipinski definition) is 4. The number of aromatic nitrogens is 1. The summed E-state index contributed by atoms with van der Waals surface area (Å²) in [7, 11) is 0. The van der Waals surface area contributed by atoms with Crippen LogP contribution in [0, 0.1) is 11.3 Å². The summed E-state index contributed by atoms with van der Waals surface area (Å²) in [6.45, 7) is 5.95. The molecule has 1 aromatic rings. The van der Waals surface area contributed by atoms with Crippen LogP contribution in [0.2, 0.25) is 0 Å². The first kappa shape index (κ1) is 16.0. The van der Waals surface area contributed by atoms with Gasteiger partial charge in [0.2, 0.25) is 5.91 Å². The van der Waals surface area contributed by atoms with Gasteiger partial charge in [-0.3, -0.25) is 14.7 Å². The van der Waals surface area contributed by atoms with E-state index in [0.717, 1.165) is 51.3 Å². The first-order valence-electron chi connectivity index (χ1n) is 9.26. The Morgan fingerprint density at radius 3 is 2.92 bits per heavy atom. The van der Waals surface area contributed by atoms with Gasteiger partial charge in [0, 0.05) is 38.3 Å². The van der Waals surface area contributed by atoms with Crippen LogP contribution >= 0.6 is 0 Å². The molecule has 3 aliphatic rings. The predicted octanol–water partition coefficient (Wildman–Crippen LogP) is 1.93. The second-order valence-electron chi connectivity index (χ2n) is 7.53. The summed E-state index contributed by atoms with van der Waals surface area (Å²) in [6.07, 6.45) is 6.47. The van der Waals surface area contributed by atoms with Crippen LogP contribution in [0.3, 0.4) is 0 Å². The first-order chi connectivity index (χ1) is 11.8. The van der Waals surface area contributed by atoms with Crippen molar-refractivity contribution < 1.29 is 9.53 Å². The topological polar surface area (TPSA) is 45.7 Å². The standard InChI is InChI=1S/C19H27N3O2/c23-18(22-10-12-24-13-11-22)17-5-3-6-19(17)7-9-21(15-19)14-16-4-1-2-8-20-16/h1-2,4,8,17H,3,5-7,9-15H2. The maximum Gasteiger partial charge on any atom is 0.226 e. The predicted molar refractivity (Wildman–Crippen MR) is 91.3 cm³/mol. The van der Waals surface area contributed by atoms with Crippen molar-refractivity contribution in [3.8, 4) is 0 Å². The second kappa shape index (κ2) is 6.81. The van der Waals surface area contributed by atoms with Crippen molar-refractivity contribution in [2.75, 3.05) is 39.4 Å². The third-order valence-corrected chi connectivity index (χ3v) is 6.10. The lowest BCUT2D eigenvalue weighted by atomic mass is 9.76. The van der Waals surface area contributed by atoms with Crippen LogP contribution in [0.4, 0.5) is 0 Å². The smallest absolute Gasteiger partial charge is 0.226 e. The van der Waals surface area contributed by atoms with Crippen LogP contribution in [0.25, 0.3) is 0 Å². The Morgan fingerprint density at radius 1 is 1.25 bits per heavy atom. The van der Waals surface area contributed by atoms with E-state index in [4.69, 9.17) is 4.74 Å². The number of amides is 1. The molecule has 1 amide bonds. The average Bonchev–Trinajstić information content (AvgIpc) is 3.23. The molecule has 1 saturated carbocycles. The van der Waals surface area contributed by atoms with Gasteiger partial charge in [-0.1, -0.05) is 12.5 Å². The van der Waals surface area contributed by atoms with Crippen molar-refractivity contribution in [1.82, 2.24) is 14.8 Å². The van der Waals surface area contributed by atoms with Crippen LogP contribution < -0.4 is 0 Å². The molecular formula is C19H27N3O2. The van der Waals surface area contributed by atoms with Crippen molar-refractivity contribution in [2.24, 2.45) is 11.3 Å². The normalized spacial score (nSPS) is 31.0. The van der Waals surface area contributed by atoms with Gasteiger partial charge in [-0.2, -0.15) is 0 Å². The number of carbonyl (C=O) groups is 1. The van der Waals surface area contributed by atoms with Crippen LogP contribution in [0.1, 0.15) is 31.4 Å². The van der Waals surface area contributed by atoms with Gasteiger partial charge < -0.3 is 9.64 Å². The second-order valence-corrected chi connectivity index (χ2v) is 7.53. The minimum atomic E-state index is 0.199. The number of ether oxygens (including phenoxy) is 1. The number of pyridine rings is 1. The summed E-state index contributed by atoms with van der Waals surface area (Å²) < 4.78 is 5.40. The molecule has 1 aromatic heterocycles. The molecule has 2 aliphatic heterocycles. The number of rotatable bonds is 3. The molecule has 2 atom stereocenters. The Morgan fingerprint density at radius 2 is 2.12 bits per heavy atom. The molecule has 0 aromatic carbocycles. The Labute approximate surface area is 144 Å². The SMILES string of the molecule is O=C(C1CCCC12CCN(Cc1ccccn1)C2)N1CCOCC1. The fourth-order valence-electron chi connectivity index (χ4n) is 4.86. The average molecular weight is 329 g/mol. The van der Waals surface area contributed by atoms with Gasteiger partial charge in [-0.15, -0.1) is 0 Å². The van der Waals surface area contributed by atoms with Crippen LogP contribution in [0.15, 0.2) is 24.4 Å². The van der Waals surface area contributed by atoms with Crippen molar-refractivity contribution in [2.45, 2.75) is 32.2 Å². The number of hydrogen-bond donors (Lipinski definition) is 0. The van der Waals surface area contributed by atoms with E-state index in [1.807, 2.05) is 17.2 Å². The third-order valence-electron chi connectivity index (χ3n) is 6.10. The highest BCUT2D eigenvalue weighted by atomic mass is 16.5. The van der Waals surface area contributed by atoms with E-state index in [-0.39, 0.29) is 11.3 Å². The van der Waals surface area contributed by atoms with Gasteiger partial charge in [-0.05, 0) is 43.4 Å². The monoisotopic (exact) mass is 329 g/mol.